The first kappa shape index (κ1) is 25.2. The lowest BCUT2D eigenvalue weighted by atomic mass is 9.55. The minimum atomic E-state index is -2.58. The number of hydrogen-bond acceptors (Lipinski definition) is 4. The Morgan fingerprint density at radius 3 is 2.19 bits per heavy atom. The van der Waals surface area contributed by atoms with Crippen molar-refractivity contribution < 1.29 is 18.8 Å². The summed E-state index contributed by atoms with van der Waals surface area (Å²) in [4.78, 5) is 25.5. The number of fused-ring (bicyclic) bond motifs is 3. The molecule has 4 nitrogen and oxygen atoms in total. The second-order valence-electron chi connectivity index (χ2n) is 12.2. The number of ether oxygens (including phenoxy) is 1. The molecule has 0 aromatic heterocycles. The van der Waals surface area contributed by atoms with Gasteiger partial charge in [0.15, 0.2) is 0 Å². The Labute approximate surface area is 216 Å². The Bertz CT molecular complexity index is 1130. The summed E-state index contributed by atoms with van der Waals surface area (Å²) in [6.07, 6.45) is 6.47. The van der Waals surface area contributed by atoms with E-state index in [1.54, 1.807) is 0 Å². The fraction of sp³-hybridized carbons (Fsp3) is 0.484. The number of benzene rings is 2. The third-order valence-electron chi connectivity index (χ3n) is 8.91. The molecule has 2 aliphatic carbocycles. The first-order chi connectivity index (χ1) is 17.1. The highest BCUT2D eigenvalue weighted by Crippen LogP contribution is 2.61. The van der Waals surface area contributed by atoms with Gasteiger partial charge in [0.05, 0.1) is 0 Å². The summed E-state index contributed by atoms with van der Waals surface area (Å²) < 4.78 is 12.5. The van der Waals surface area contributed by atoms with Crippen LogP contribution in [0.15, 0.2) is 72.3 Å². The maximum atomic E-state index is 13.2. The van der Waals surface area contributed by atoms with Crippen molar-refractivity contribution in [2.75, 3.05) is 13.2 Å². The van der Waals surface area contributed by atoms with Crippen molar-refractivity contribution in [3.8, 4) is 0 Å². The number of cyclic esters (lactones) is 1. The summed E-state index contributed by atoms with van der Waals surface area (Å²) in [5, 5.41) is 2.51. The van der Waals surface area contributed by atoms with E-state index in [1.165, 1.54) is 15.9 Å². The number of carbonyl (C=O) groups excluding carboxylic acids is 2. The Morgan fingerprint density at radius 1 is 1.00 bits per heavy atom. The lowest BCUT2D eigenvalue weighted by Crippen LogP contribution is -2.66. The highest BCUT2D eigenvalue weighted by atomic mass is 28.4. The molecule has 3 aliphatic rings. The summed E-state index contributed by atoms with van der Waals surface area (Å²) in [6, 6.07) is 21.5. The second-order valence-corrected chi connectivity index (χ2v) is 16.5. The fourth-order valence-corrected chi connectivity index (χ4v) is 12.0. The SMILES string of the molecule is CC(C)(C)[Si](OCCC[C@]12CCC=C1[C@@]1(C)COC(=O)[C@H]1C(=O)C2)(c1ccccc1)c1ccccc1. The van der Waals surface area contributed by atoms with Crippen LogP contribution in [0.4, 0.5) is 0 Å². The first-order valence-corrected chi connectivity index (χ1v) is 15.2. The molecule has 2 aromatic carbocycles. The zero-order valence-corrected chi connectivity index (χ0v) is 23.0. The van der Waals surface area contributed by atoms with Crippen LogP contribution in [-0.4, -0.2) is 33.3 Å². The second kappa shape index (κ2) is 9.11. The van der Waals surface area contributed by atoms with E-state index in [0.717, 1.165) is 25.7 Å². The van der Waals surface area contributed by atoms with Crippen molar-refractivity contribution in [2.24, 2.45) is 16.7 Å². The van der Waals surface area contributed by atoms with Crippen LogP contribution in [0.25, 0.3) is 0 Å². The Kier molecular flexibility index (Phi) is 6.36. The van der Waals surface area contributed by atoms with Gasteiger partial charge in [0.1, 0.15) is 18.3 Å². The fourth-order valence-electron chi connectivity index (χ4n) is 7.42. The minimum absolute atomic E-state index is 0.0601. The van der Waals surface area contributed by atoms with Crippen molar-refractivity contribution in [2.45, 2.75) is 64.8 Å². The molecule has 2 aromatic rings. The average molecular weight is 503 g/mol. The number of ketones is 1. The smallest absolute Gasteiger partial charge is 0.317 e. The van der Waals surface area contributed by atoms with Gasteiger partial charge in [-0.05, 0) is 46.5 Å². The van der Waals surface area contributed by atoms with Crippen molar-refractivity contribution in [3.63, 3.8) is 0 Å². The largest absolute Gasteiger partial charge is 0.464 e. The molecular formula is C31H38O4Si. The summed E-state index contributed by atoms with van der Waals surface area (Å²) >= 11 is 0. The molecule has 0 amide bonds. The molecule has 0 N–H and O–H groups in total. The quantitative estimate of drug-likeness (QED) is 0.172. The van der Waals surface area contributed by atoms with Crippen molar-refractivity contribution in [3.05, 3.63) is 72.3 Å². The number of rotatable bonds is 7. The summed E-state index contributed by atoms with van der Waals surface area (Å²) in [7, 11) is -2.58. The maximum absolute atomic E-state index is 13.2. The Morgan fingerprint density at radius 2 is 1.61 bits per heavy atom. The van der Waals surface area contributed by atoms with E-state index in [-0.39, 0.29) is 22.2 Å². The molecule has 0 bridgehead atoms. The van der Waals surface area contributed by atoms with Crippen molar-refractivity contribution in [1.29, 1.82) is 0 Å². The van der Waals surface area contributed by atoms with Crippen molar-refractivity contribution in [1.82, 2.24) is 0 Å². The molecular weight excluding hydrogens is 464 g/mol. The molecule has 2 fully saturated rings. The van der Waals surface area contributed by atoms with Crippen LogP contribution in [0.3, 0.4) is 0 Å². The molecule has 1 aliphatic heterocycles. The van der Waals surface area contributed by atoms with Crippen LogP contribution in [0.5, 0.6) is 0 Å². The minimum Gasteiger partial charge on any atom is -0.464 e. The van der Waals surface area contributed by atoms with E-state index in [0.29, 0.717) is 19.6 Å². The molecule has 3 atom stereocenters. The zero-order valence-electron chi connectivity index (χ0n) is 22.0. The van der Waals surface area contributed by atoms with Crippen LogP contribution in [0, 0.1) is 16.7 Å². The molecule has 5 rings (SSSR count). The maximum Gasteiger partial charge on any atom is 0.317 e. The van der Waals surface area contributed by atoms with E-state index >= 15 is 0 Å². The number of esters is 1. The monoisotopic (exact) mass is 502 g/mol. The summed E-state index contributed by atoms with van der Waals surface area (Å²) in [5.74, 6) is -0.894. The van der Waals surface area contributed by atoms with Crippen molar-refractivity contribution >= 4 is 30.4 Å². The standard InChI is InChI=1S/C31H38O4Si/c1-29(2,3)36(23-13-7-5-8-14-23,24-15-9-6-10-16-24)35-20-12-19-31-18-11-17-26(31)30(4)22-34-28(33)27(30)25(32)21-31/h5-10,13-17,27H,11-12,18-22H2,1-4H3/t27-,30-,31+/m1/s1. The van der Waals surface area contributed by atoms with Gasteiger partial charge < -0.3 is 9.16 Å². The lowest BCUT2D eigenvalue weighted by Gasteiger charge is -2.46. The number of Topliss-reactive ketones (excluding diaryl/α,β-unsaturated/α-hetero) is 1. The van der Waals surface area contributed by atoms with Gasteiger partial charge in [-0.15, -0.1) is 0 Å². The van der Waals surface area contributed by atoms with E-state index in [2.05, 4.69) is 94.4 Å². The summed E-state index contributed by atoms with van der Waals surface area (Å²) in [6.45, 7) is 9.93. The number of allylic oxidation sites excluding steroid dienone is 1. The molecule has 0 spiro atoms. The van der Waals surface area contributed by atoms with Gasteiger partial charge in [0.2, 0.25) is 0 Å². The van der Waals surface area contributed by atoms with Crippen LogP contribution >= 0.6 is 0 Å². The van der Waals surface area contributed by atoms with E-state index in [4.69, 9.17) is 9.16 Å². The number of hydrogen-bond donors (Lipinski definition) is 0. The molecule has 0 unspecified atom stereocenters. The van der Waals surface area contributed by atoms with E-state index in [9.17, 15) is 9.59 Å². The zero-order chi connectivity index (χ0) is 25.6. The lowest BCUT2D eigenvalue weighted by molar-refractivity contribution is -0.146. The van der Waals surface area contributed by atoms with Crippen LogP contribution < -0.4 is 10.4 Å². The van der Waals surface area contributed by atoms with Gasteiger partial charge in [0, 0.05) is 18.4 Å². The third kappa shape index (κ3) is 3.83. The topological polar surface area (TPSA) is 52.6 Å². The molecule has 1 heterocycles. The number of carbonyl (C=O) groups is 2. The van der Waals surface area contributed by atoms with Gasteiger partial charge in [-0.2, -0.15) is 0 Å². The van der Waals surface area contributed by atoms with Gasteiger partial charge in [-0.1, -0.05) is 100 Å². The summed E-state index contributed by atoms with van der Waals surface area (Å²) in [5.41, 5.74) is 0.642. The molecule has 1 saturated carbocycles. The predicted octanol–water partition coefficient (Wildman–Crippen LogP) is 5.20. The normalized spacial score (nSPS) is 27.9. The van der Waals surface area contributed by atoms with Gasteiger partial charge in [-0.25, -0.2) is 0 Å². The molecule has 36 heavy (non-hydrogen) atoms. The molecule has 0 radical (unpaired) electrons. The first-order valence-electron chi connectivity index (χ1n) is 13.3. The van der Waals surface area contributed by atoms with E-state index < -0.39 is 19.7 Å². The predicted molar refractivity (Wildman–Crippen MR) is 145 cm³/mol. The van der Waals surface area contributed by atoms with Gasteiger partial charge in [-0.3, -0.25) is 9.59 Å². The molecule has 1 saturated heterocycles. The van der Waals surface area contributed by atoms with Crippen LogP contribution in [0.2, 0.25) is 5.04 Å². The highest BCUT2D eigenvalue weighted by molar-refractivity contribution is 6.99. The average Bonchev–Trinajstić information content (AvgIpc) is 3.41. The van der Waals surface area contributed by atoms with Gasteiger partial charge >= 0.3 is 5.97 Å². The van der Waals surface area contributed by atoms with Gasteiger partial charge in [0.25, 0.3) is 8.32 Å². The van der Waals surface area contributed by atoms with Crippen LogP contribution in [-0.2, 0) is 18.8 Å². The highest BCUT2D eigenvalue weighted by Gasteiger charge is 2.62. The third-order valence-corrected chi connectivity index (χ3v) is 14.0. The molecule has 190 valence electrons. The van der Waals surface area contributed by atoms with Crippen LogP contribution in [0.1, 0.15) is 59.8 Å². The Hall–Kier alpha value is -2.50. The van der Waals surface area contributed by atoms with E-state index in [1.807, 2.05) is 0 Å². The molecule has 5 heteroatoms. The Balaban J connectivity index is 1.40.